The molecular formula is C18H15F3N2O2. The van der Waals surface area contributed by atoms with Crippen LogP contribution in [0.3, 0.4) is 0 Å². The molecule has 0 saturated carbocycles. The summed E-state index contributed by atoms with van der Waals surface area (Å²) in [5.74, 6) is -0.495. The van der Waals surface area contributed by atoms with Crippen molar-refractivity contribution in [1.29, 1.82) is 5.26 Å². The van der Waals surface area contributed by atoms with E-state index < -0.39 is 24.3 Å². The van der Waals surface area contributed by atoms with Crippen LogP contribution in [-0.4, -0.2) is 12.5 Å². The normalized spacial score (nSPS) is 12.1. The fourth-order valence-electron chi connectivity index (χ4n) is 2.12. The lowest BCUT2D eigenvalue weighted by molar-refractivity contribution is -0.137. The van der Waals surface area contributed by atoms with Crippen LogP contribution in [0.5, 0.6) is 5.75 Å². The predicted octanol–water partition coefficient (Wildman–Crippen LogP) is 3.83. The summed E-state index contributed by atoms with van der Waals surface area (Å²) in [7, 11) is 0. The van der Waals surface area contributed by atoms with Crippen molar-refractivity contribution in [2.24, 2.45) is 0 Å². The molecule has 0 saturated heterocycles. The molecule has 1 N–H and O–H groups in total. The van der Waals surface area contributed by atoms with Crippen LogP contribution in [0.1, 0.15) is 29.7 Å². The summed E-state index contributed by atoms with van der Waals surface area (Å²) >= 11 is 0. The average Bonchev–Trinajstić information content (AvgIpc) is 2.59. The minimum absolute atomic E-state index is 0.0315. The molecule has 130 valence electrons. The molecule has 1 amide bonds. The third kappa shape index (κ3) is 5.24. The monoisotopic (exact) mass is 348 g/mol. The first-order valence-electron chi connectivity index (χ1n) is 7.39. The number of nitrogens with zero attached hydrogens (tertiary/aromatic N) is 1. The molecule has 0 aromatic heterocycles. The highest BCUT2D eigenvalue weighted by atomic mass is 19.4. The Bertz CT molecular complexity index is 780. The van der Waals surface area contributed by atoms with Crippen LogP contribution in [0, 0.1) is 11.3 Å². The Balaban J connectivity index is 1.91. The molecule has 0 aliphatic rings. The van der Waals surface area contributed by atoms with E-state index in [0.717, 1.165) is 17.7 Å². The highest BCUT2D eigenvalue weighted by Gasteiger charge is 2.30. The van der Waals surface area contributed by atoms with E-state index in [1.807, 2.05) is 6.07 Å². The van der Waals surface area contributed by atoms with E-state index in [1.165, 1.54) is 12.1 Å². The van der Waals surface area contributed by atoms with Crippen LogP contribution < -0.4 is 10.1 Å². The number of carbonyl (C=O) groups is 1. The summed E-state index contributed by atoms with van der Waals surface area (Å²) in [5, 5.41) is 11.4. The second-order valence-electron chi connectivity index (χ2n) is 5.34. The van der Waals surface area contributed by atoms with Gasteiger partial charge < -0.3 is 10.1 Å². The van der Waals surface area contributed by atoms with E-state index in [1.54, 1.807) is 31.2 Å². The van der Waals surface area contributed by atoms with Crippen molar-refractivity contribution in [3.8, 4) is 11.8 Å². The Kier molecular flexibility index (Phi) is 5.65. The minimum Gasteiger partial charge on any atom is -0.484 e. The lowest BCUT2D eigenvalue weighted by atomic mass is 10.1. The van der Waals surface area contributed by atoms with Gasteiger partial charge in [-0.1, -0.05) is 18.2 Å². The summed E-state index contributed by atoms with van der Waals surface area (Å²) in [4.78, 5) is 11.9. The van der Waals surface area contributed by atoms with E-state index in [4.69, 9.17) is 10.00 Å². The van der Waals surface area contributed by atoms with Gasteiger partial charge in [0, 0.05) is 0 Å². The first kappa shape index (κ1) is 18.3. The Labute approximate surface area is 142 Å². The van der Waals surface area contributed by atoms with Crippen molar-refractivity contribution in [2.45, 2.75) is 19.1 Å². The van der Waals surface area contributed by atoms with Crippen LogP contribution in [0.2, 0.25) is 0 Å². The molecule has 0 fully saturated rings. The van der Waals surface area contributed by atoms with Crippen molar-refractivity contribution in [1.82, 2.24) is 5.32 Å². The smallest absolute Gasteiger partial charge is 0.416 e. The molecular weight excluding hydrogens is 333 g/mol. The number of nitriles is 1. The number of rotatable bonds is 5. The average molecular weight is 348 g/mol. The van der Waals surface area contributed by atoms with Gasteiger partial charge in [-0.15, -0.1) is 0 Å². The number of nitrogens with one attached hydrogen (secondary N) is 1. The zero-order valence-electron chi connectivity index (χ0n) is 13.3. The van der Waals surface area contributed by atoms with Gasteiger partial charge in [0.15, 0.2) is 6.61 Å². The standard InChI is InChI=1S/C18H15F3N2O2/c1-12(14-7-5-13(10-22)6-8-14)23-17(24)11-25-16-4-2-3-15(9-16)18(19,20)21/h2-9,12H,11H2,1H3,(H,23,24). The molecule has 0 spiro atoms. The van der Waals surface area contributed by atoms with Gasteiger partial charge in [0.05, 0.1) is 23.2 Å². The number of carbonyl (C=O) groups excluding carboxylic acids is 1. The van der Waals surface area contributed by atoms with Gasteiger partial charge in [-0.2, -0.15) is 18.4 Å². The molecule has 1 atom stereocenters. The minimum atomic E-state index is -4.47. The Morgan fingerprint density at radius 3 is 2.52 bits per heavy atom. The second kappa shape index (κ2) is 7.71. The Morgan fingerprint density at radius 1 is 1.24 bits per heavy atom. The topological polar surface area (TPSA) is 62.1 Å². The molecule has 7 heteroatoms. The maximum atomic E-state index is 12.6. The molecule has 4 nitrogen and oxygen atoms in total. The van der Waals surface area contributed by atoms with Crippen molar-refractivity contribution >= 4 is 5.91 Å². The number of halogens is 3. The molecule has 2 aromatic rings. The SMILES string of the molecule is CC(NC(=O)COc1cccc(C(F)(F)F)c1)c1ccc(C#N)cc1. The zero-order chi connectivity index (χ0) is 18.4. The van der Waals surface area contributed by atoms with Crippen molar-refractivity contribution < 1.29 is 22.7 Å². The quantitative estimate of drug-likeness (QED) is 0.893. The van der Waals surface area contributed by atoms with E-state index in [0.29, 0.717) is 5.56 Å². The van der Waals surface area contributed by atoms with Crippen LogP contribution in [0.25, 0.3) is 0 Å². The first-order valence-corrected chi connectivity index (χ1v) is 7.39. The van der Waals surface area contributed by atoms with Crippen molar-refractivity contribution in [2.75, 3.05) is 6.61 Å². The van der Waals surface area contributed by atoms with E-state index in [9.17, 15) is 18.0 Å². The Hall–Kier alpha value is -3.01. The number of benzene rings is 2. The van der Waals surface area contributed by atoms with Crippen LogP contribution in [-0.2, 0) is 11.0 Å². The van der Waals surface area contributed by atoms with E-state index >= 15 is 0 Å². The van der Waals surface area contributed by atoms with Crippen LogP contribution >= 0.6 is 0 Å². The Morgan fingerprint density at radius 2 is 1.92 bits per heavy atom. The van der Waals surface area contributed by atoms with Gasteiger partial charge in [0.25, 0.3) is 5.91 Å². The number of alkyl halides is 3. The highest BCUT2D eigenvalue weighted by Crippen LogP contribution is 2.31. The van der Waals surface area contributed by atoms with Crippen molar-refractivity contribution in [3.05, 3.63) is 65.2 Å². The lowest BCUT2D eigenvalue weighted by Gasteiger charge is -2.15. The van der Waals surface area contributed by atoms with Gasteiger partial charge in [-0.05, 0) is 42.8 Å². The van der Waals surface area contributed by atoms with E-state index in [2.05, 4.69) is 5.32 Å². The predicted molar refractivity (Wildman–Crippen MR) is 84.7 cm³/mol. The molecule has 0 aliphatic heterocycles. The molecule has 0 aliphatic carbocycles. The number of amides is 1. The fourth-order valence-corrected chi connectivity index (χ4v) is 2.12. The van der Waals surface area contributed by atoms with Gasteiger partial charge >= 0.3 is 6.18 Å². The van der Waals surface area contributed by atoms with Gasteiger partial charge in [0.1, 0.15) is 5.75 Å². The van der Waals surface area contributed by atoms with Crippen LogP contribution in [0.15, 0.2) is 48.5 Å². The molecule has 0 heterocycles. The number of hydrogen-bond donors (Lipinski definition) is 1. The maximum absolute atomic E-state index is 12.6. The zero-order valence-corrected chi connectivity index (χ0v) is 13.3. The number of ether oxygens (including phenoxy) is 1. The lowest BCUT2D eigenvalue weighted by Crippen LogP contribution is -2.31. The summed E-state index contributed by atoms with van der Waals surface area (Å²) in [5.41, 5.74) is 0.470. The summed E-state index contributed by atoms with van der Waals surface area (Å²) in [6, 6.07) is 12.7. The van der Waals surface area contributed by atoms with Gasteiger partial charge in [-0.25, -0.2) is 0 Å². The second-order valence-corrected chi connectivity index (χ2v) is 5.34. The van der Waals surface area contributed by atoms with Gasteiger partial charge in [0.2, 0.25) is 0 Å². The molecule has 1 unspecified atom stereocenters. The fraction of sp³-hybridized carbons (Fsp3) is 0.222. The molecule has 2 rings (SSSR count). The highest BCUT2D eigenvalue weighted by molar-refractivity contribution is 5.78. The maximum Gasteiger partial charge on any atom is 0.416 e. The summed E-state index contributed by atoms with van der Waals surface area (Å²) in [6.07, 6.45) is -4.47. The molecule has 0 radical (unpaired) electrons. The van der Waals surface area contributed by atoms with Crippen molar-refractivity contribution in [3.63, 3.8) is 0 Å². The summed E-state index contributed by atoms with van der Waals surface area (Å²) in [6.45, 7) is 1.35. The first-order chi connectivity index (χ1) is 11.8. The molecule has 2 aromatic carbocycles. The van der Waals surface area contributed by atoms with E-state index in [-0.39, 0.29) is 11.8 Å². The molecule has 25 heavy (non-hydrogen) atoms. The third-order valence-corrected chi connectivity index (χ3v) is 3.45. The summed E-state index contributed by atoms with van der Waals surface area (Å²) < 4.78 is 43.0. The molecule has 0 bridgehead atoms. The van der Waals surface area contributed by atoms with Crippen LogP contribution in [0.4, 0.5) is 13.2 Å². The third-order valence-electron chi connectivity index (χ3n) is 3.45. The number of hydrogen-bond acceptors (Lipinski definition) is 3. The van der Waals surface area contributed by atoms with Gasteiger partial charge in [-0.3, -0.25) is 4.79 Å². The largest absolute Gasteiger partial charge is 0.484 e.